The van der Waals surface area contributed by atoms with Gasteiger partial charge >= 0.3 is 0 Å². The molecule has 0 radical (unpaired) electrons. The molecule has 1 fully saturated rings. The van der Waals surface area contributed by atoms with E-state index in [0.29, 0.717) is 22.4 Å². The van der Waals surface area contributed by atoms with Crippen LogP contribution in [0.3, 0.4) is 0 Å². The van der Waals surface area contributed by atoms with Crippen LogP contribution in [0.4, 0.5) is 19.0 Å². The summed E-state index contributed by atoms with van der Waals surface area (Å²) in [6.07, 6.45) is 2.32. The third-order valence-corrected chi connectivity index (χ3v) is 6.35. The van der Waals surface area contributed by atoms with Crippen LogP contribution < -0.4 is 10.6 Å². The fourth-order valence-corrected chi connectivity index (χ4v) is 4.50. The number of rotatable bonds is 7. The van der Waals surface area contributed by atoms with E-state index < -0.39 is 11.6 Å². The second kappa shape index (κ2) is 7.87. The van der Waals surface area contributed by atoms with Crippen molar-refractivity contribution >= 4 is 50.6 Å². The Bertz CT molecular complexity index is 973. The maximum atomic E-state index is 13.3. The molecule has 1 saturated carbocycles. The molecule has 1 amide bonds. The molecule has 0 saturated heterocycles. The number of halogens is 2. The van der Waals surface area contributed by atoms with Gasteiger partial charge in [0.25, 0.3) is 0 Å². The van der Waals surface area contributed by atoms with Gasteiger partial charge in [-0.15, -0.1) is 21.5 Å². The van der Waals surface area contributed by atoms with Crippen molar-refractivity contribution in [1.82, 2.24) is 15.2 Å². The summed E-state index contributed by atoms with van der Waals surface area (Å²) in [5, 5.41) is 16.9. The minimum absolute atomic E-state index is 0.179. The first-order valence-electron chi connectivity index (χ1n) is 8.00. The highest BCUT2D eigenvalue weighted by atomic mass is 32.2. The quantitative estimate of drug-likeness (QED) is 0.551. The molecule has 1 aliphatic carbocycles. The molecule has 2 heterocycles. The van der Waals surface area contributed by atoms with Crippen LogP contribution in [0.2, 0.25) is 0 Å². The lowest BCUT2D eigenvalue weighted by atomic mass is 10.2. The zero-order valence-corrected chi connectivity index (χ0v) is 16.2. The zero-order valence-electron chi connectivity index (χ0n) is 13.7. The predicted octanol–water partition coefficient (Wildman–Crippen LogP) is 4.24. The first-order valence-corrected chi connectivity index (χ1v) is 10.7. The van der Waals surface area contributed by atoms with E-state index in [-0.39, 0.29) is 11.7 Å². The van der Waals surface area contributed by atoms with E-state index in [1.165, 1.54) is 40.5 Å². The Kier molecular flexibility index (Phi) is 5.32. The van der Waals surface area contributed by atoms with Gasteiger partial charge in [0.15, 0.2) is 21.1 Å². The van der Waals surface area contributed by atoms with Gasteiger partial charge in [-0.2, -0.15) is 0 Å². The van der Waals surface area contributed by atoms with E-state index >= 15 is 0 Å². The summed E-state index contributed by atoms with van der Waals surface area (Å²) in [6.45, 7) is 0. The SMILES string of the molecule is O=C(CSc1nnc(NC2CC2)s1)Nc1nc(-c2ccc(F)c(F)c2)cs1. The van der Waals surface area contributed by atoms with Gasteiger partial charge in [0.2, 0.25) is 11.0 Å². The highest BCUT2D eigenvalue weighted by Gasteiger charge is 2.22. The number of thioether (sulfide) groups is 1. The van der Waals surface area contributed by atoms with Crippen LogP contribution in [0, 0.1) is 11.6 Å². The van der Waals surface area contributed by atoms with Crippen LogP contribution in [0.5, 0.6) is 0 Å². The first kappa shape index (κ1) is 18.3. The third kappa shape index (κ3) is 4.79. The van der Waals surface area contributed by atoms with E-state index in [9.17, 15) is 13.6 Å². The Labute approximate surface area is 165 Å². The summed E-state index contributed by atoms with van der Waals surface area (Å²) < 4.78 is 27.1. The summed E-state index contributed by atoms with van der Waals surface area (Å²) in [6, 6.07) is 4.08. The van der Waals surface area contributed by atoms with Gasteiger partial charge in [-0.1, -0.05) is 23.1 Å². The zero-order chi connectivity index (χ0) is 18.8. The molecule has 1 aliphatic rings. The van der Waals surface area contributed by atoms with Crippen molar-refractivity contribution in [2.75, 3.05) is 16.4 Å². The lowest BCUT2D eigenvalue weighted by Gasteiger charge is -2.00. The number of aromatic nitrogens is 3. The number of carbonyl (C=O) groups is 1. The van der Waals surface area contributed by atoms with E-state index in [0.717, 1.165) is 34.4 Å². The van der Waals surface area contributed by atoms with E-state index in [2.05, 4.69) is 25.8 Å². The third-order valence-electron chi connectivity index (χ3n) is 3.60. The number of amides is 1. The first-order chi connectivity index (χ1) is 13.1. The topological polar surface area (TPSA) is 79.8 Å². The molecule has 140 valence electrons. The average molecular weight is 426 g/mol. The lowest BCUT2D eigenvalue weighted by molar-refractivity contribution is -0.113. The van der Waals surface area contributed by atoms with Gasteiger partial charge in [0.05, 0.1) is 11.4 Å². The maximum absolute atomic E-state index is 13.3. The highest BCUT2D eigenvalue weighted by molar-refractivity contribution is 8.01. The normalized spacial score (nSPS) is 13.6. The molecular formula is C16H13F2N5OS3. The molecule has 2 N–H and O–H groups in total. The average Bonchev–Trinajstić information content (AvgIpc) is 3.15. The lowest BCUT2D eigenvalue weighted by Crippen LogP contribution is -2.13. The minimum atomic E-state index is -0.935. The van der Waals surface area contributed by atoms with Crippen LogP contribution in [0.15, 0.2) is 27.9 Å². The van der Waals surface area contributed by atoms with Gasteiger partial charge in [-0.05, 0) is 31.0 Å². The van der Waals surface area contributed by atoms with E-state index in [1.54, 1.807) is 5.38 Å². The summed E-state index contributed by atoms with van der Waals surface area (Å²) in [4.78, 5) is 16.3. The number of carbonyl (C=O) groups excluding carboxylic acids is 1. The molecule has 27 heavy (non-hydrogen) atoms. The van der Waals surface area contributed by atoms with Gasteiger partial charge in [0.1, 0.15) is 0 Å². The van der Waals surface area contributed by atoms with Gasteiger partial charge in [-0.25, -0.2) is 13.8 Å². The Morgan fingerprint density at radius 1 is 1.22 bits per heavy atom. The second-order valence-electron chi connectivity index (χ2n) is 5.80. The fourth-order valence-electron chi connectivity index (χ4n) is 2.13. The fraction of sp³-hybridized carbons (Fsp3) is 0.250. The Morgan fingerprint density at radius 3 is 2.85 bits per heavy atom. The number of benzene rings is 1. The van der Waals surface area contributed by atoms with Crippen LogP contribution in [-0.2, 0) is 4.79 Å². The molecule has 4 rings (SSSR count). The molecule has 0 unspecified atom stereocenters. The van der Waals surface area contributed by atoms with Gasteiger partial charge < -0.3 is 10.6 Å². The van der Waals surface area contributed by atoms with Gasteiger partial charge in [-0.3, -0.25) is 4.79 Å². The Morgan fingerprint density at radius 2 is 2.07 bits per heavy atom. The number of nitrogens with zero attached hydrogens (tertiary/aromatic N) is 3. The van der Waals surface area contributed by atoms with E-state index in [1.807, 2.05) is 0 Å². The molecule has 2 aromatic heterocycles. The molecule has 11 heteroatoms. The monoisotopic (exact) mass is 425 g/mol. The number of nitrogens with one attached hydrogen (secondary N) is 2. The summed E-state index contributed by atoms with van der Waals surface area (Å²) in [5.74, 6) is -1.89. The van der Waals surface area contributed by atoms with Crippen molar-refractivity contribution in [3.63, 3.8) is 0 Å². The van der Waals surface area contributed by atoms with E-state index in [4.69, 9.17) is 0 Å². The van der Waals surface area contributed by atoms with Crippen LogP contribution in [0.25, 0.3) is 11.3 Å². The number of anilines is 2. The predicted molar refractivity (Wildman–Crippen MR) is 103 cm³/mol. The van der Waals surface area contributed by atoms with Crippen molar-refractivity contribution < 1.29 is 13.6 Å². The molecule has 0 bridgehead atoms. The van der Waals surface area contributed by atoms with Crippen LogP contribution in [-0.4, -0.2) is 32.9 Å². The molecular weight excluding hydrogens is 412 g/mol. The summed E-state index contributed by atoms with van der Waals surface area (Å²) in [7, 11) is 0. The Hall–Kier alpha value is -2.11. The second-order valence-corrected chi connectivity index (χ2v) is 8.85. The number of thiazole rings is 1. The molecule has 0 atom stereocenters. The van der Waals surface area contributed by atoms with Crippen molar-refractivity contribution in [2.24, 2.45) is 0 Å². The number of hydrogen-bond donors (Lipinski definition) is 2. The summed E-state index contributed by atoms with van der Waals surface area (Å²) in [5.41, 5.74) is 0.923. The molecule has 3 aromatic rings. The largest absolute Gasteiger partial charge is 0.357 e. The Balaban J connectivity index is 1.31. The van der Waals surface area contributed by atoms with Crippen molar-refractivity contribution in [3.8, 4) is 11.3 Å². The molecule has 0 spiro atoms. The van der Waals surface area contributed by atoms with Crippen LogP contribution in [0.1, 0.15) is 12.8 Å². The smallest absolute Gasteiger partial charge is 0.236 e. The maximum Gasteiger partial charge on any atom is 0.236 e. The minimum Gasteiger partial charge on any atom is -0.357 e. The van der Waals surface area contributed by atoms with Crippen molar-refractivity contribution in [2.45, 2.75) is 23.2 Å². The summed E-state index contributed by atoms with van der Waals surface area (Å²) >= 11 is 3.94. The molecule has 0 aliphatic heterocycles. The molecule has 1 aromatic carbocycles. The van der Waals surface area contributed by atoms with Gasteiger partial charge in [0, 0.05) is 17.0 Å². The van der Waals surface area contributed by atoms with Crippen LogP contribution >= 0.6 is 34.4 Å². The standard InChI is InChI=1S/C16H13F2N5OS3/c17-10-4-1-8(5-11(10)18)12-6-25-14(20-12)21-13(24)7-26-16-23-22-15(27-16)19-9-2-3-9/h1,4-6,9H,2-3,7H2,(H,19,22)(H,20,21,24). The number of hydrogen-bond acceptors (Lipinski definition) is 8. The highest BCUT2D eigenvalue weighted by Crippen LogP contribution is 2.30. The van der Waals surface area contributed by atoms with Crippen molar-refractivity contribution in [1.29, 1.82) is 0 Å². The van der Waals surface area contributed by atoms with Crippen molar-refractivity contribution in [3.05, 3.63) is 35.2 Å². The molecule has 6 nitrogen and oxygen atoms in total.